The normalized spacial score (nSPS) is 10.9. The van der Waals surface area contributed by atoms with E-state index in [1.54, 1.807) is 19.1 Å². The van der Waals surface area contributed by atoms with Crippen LogP contribution in [0.4, 0.5) is 0 Å². The molecule has 0 spiro atoms. The predicted molar refractivity (Wildman–Crippen MR) is 89.3 cm³/mol. The minimum Gasteiger partial charge on any atom is -0.462 e. The Hall–Kier alpha value is -1.27. The number of hydrogen-bond acceptors (Lipinski definition) is 4. The Labute approximate surface area is 135 Å². The van der Waals surface area contributed by atoms with Gasteiger partial charge in [-0.25, -0.2) is 4.79 Å². The third kappa shape index (κ3) is 2.87. The Morgan fingerprint density at radius 3 is 2.67 bits per heavy atom. The van der Waals surface area contributed by atoms with Crippen LogP contribution in [0.3, 0.4) is 0 Å². The van der Waals surface area contributed by atoms with Gasteiger partial charge in [0.1, 0.15) is 5.56 Å². The summed E-state index contributed by atoms with van der Waals surface area (Å²) in [6.07, 6.45) is 1.85. The summed E-state index contributed by atoms with van der Waals surface area (Å²) in [5.41, 5.74) is 0.667. The number of aromatic nitrogens is 1. The molecule has 6 heteroatoms. The van der Waals surface area contributed by atoms with Crippen molar-refractivity contribution in [2.24, 2.45) is 0 Å². The van der Waals surface area contributed by atoms with Gasteiger partial charge in [-0.2, -0.15) is 0 Å². The molecule has 0 fully saturated rings. The van der Waals surface area contributed by atoms with Crippen LogP contribution < -0.4 is 5.43 Å². The van der Waals surface area contributed by atoms with E-state index in [4.69, 9.17) is 4.74 Å². The summed E-state index contributed by atoms with van der Waals surface area (Å²) in [4.78, 5) is 24.8. The zero-order valence-corrected chi connectivity index (χ0v) is 14.5. The van der Waals surface area contributed by atoms with Crippen LogP contribution in [-0.2, 0) is 11.3 Å². The number of hydrogen-bond donors (Lipinski definition) is 0. The van der Waals surface area contributed by atoms with E-state index in [1.807, 2.05) is 23.8 Å². The SMILES string of the molecule is CCOC(=O)c1c(SC)n(CC)c2cc(Br)ccc2c1=O. The van der Waals surface area contributed by atoms with Gasteiger partial charge in [0.05, 0.1) is 17.1 Å². The van der Waals surface area contributed by atoms with Crippen molar-refractivity contribution in [1.29, 1.82) is 0 Å². The molecular formula is C15H16BrNO3S. The monoisotopic (exact) mass is 369 g/mol. The summed E-state index contributed by atoms with van der Waals surface area (Å²) in [7, 11) is 0. The molecule has 0 aliphatic heterocycles. The Morgan fingerprint density at radius 2 is 2.10 bits per heavy atom. The smallest absolute Gasteiger partial charge is 0.344 e. The number of rotatable bonds is 4. The Kier molecular flexibility index (Phi) is 5.11. The first kappa shape index (κ1) is 16.1. The van der Waals surface area contributed by atoms with Gasteiger partial charge in [-0.1, -0.05) is 15.9 Å². The lowest BCUT2D eigenvalue weighted by Gasteiger charge is -2.17. The van der Waals surface area contributed by atoms with Crippen LogP contribution in [0.2, 0.25) is 0 Å². The van der Waals surface area contributed by atoms with Gasteiger partial charge < -0.3 is 9.30 Å². The zero-order valence-electron chi connectivity index (χ0n) is 12.1. The summed E-state index contributed by atoms with van der Waals surface area (Å²) in [5.74, 6) is -0.557. The van der Waals surface area contributed by atoms with Crippen molar-refractivity contribution in [2.75, 3.05) is 12.9 Å². The molecule has 1 heterocycles. The fraction of sp³-hybridized carbons (Fsp3) is 0.333. The minimum absolute atomic E-state index is 0.126. The summed E-state index contributed by atoms with van der Waals surface area (Å²) in [6.45, 7) is 4.62. The molecule has 2 rings (SSSR count). The lowest BCUT2D eigenvalue weighted by atomic mass is 10.1. The van der Waals surface area contributed by atoms with Crippen molar-refractivity contribution in [1.82, 2.24) is 4.57 Å². The number of aryl methyl sites for hydroxylation is 1. The standard InChI is InChI=1S/C15H16BrNO3S/c1-4-17-11-8-9(16)6-7-10(11)13(18)12(14(17)21-3)15(19)20-5-2/h6-8H,4-5H2,1-3H3. The van der Waals surface area contributed by atoms with Crippen LogP contribution in [0.1, 0.15) is 24.2 Å². The highest BCUT2D eigenvalue weighted by molar-refractivity contribution is 9.10. The number of ether oxygens (including phenoxy) is 1. The third-order valence-corrected chi connectivity index (χ3v) is 4.47. The summed E-state index contributed by atoms with van der Waals surface area (Å²) in [5, 5.41) is 1.17. The number of carbonyl (C=O) groups excluding carboxylic acids is 1. The van der Waals surface area contributed by atoms with Gasteiger partial charge in [0, 0.05) is 16.4 Å². The first-order valence-corrected chi connectivity index (χ1v) is 8.64. The maximum atomic E-state index is 12.7. The van der Waals surface area contributed by atoms with Crippen LogP contribution >= 0.6 is 27.7 Å². The molecule has 0 radical (unpaired) electrons. The highest BCUT2D eigenvalue weighted by Gasteiger charge is 2.22. The number of nitrogens with zero attached hydrogens (tertiary/aromatic N) is 1. The Morgan fingerprint density at radius 1 is 1.38 bits per heavy atom. The molecule has 0 saturated heterocycles. The van der Waals surface area contributed by atoms with Crippen molar-refractivity contribution in [3.63, 3.8) is 0 Å². The summed E-state index contributed by atoms with van der Waals surface area (Å²) < 4.78 is 7.92. The lowest BCUT2D eigenvalue weighted by Crippen LogP contribution is -2.23. The van der Waals surface area contributed by atoms with Crippen LogP contribution in [0, 0.1) is 0 Å². The number of carbonyl (C=O) groups is 1. The minimum atomic E-state index is -0.557. The van der Waals surface area contributed by atoms with Crippen LogP contribution in [-0.4, -0.2) is 23.4 Å². The number of pyridine rings is 1. The highest BCUT2D eigenvalue weighted by Crippen LogP contribution is 2.26. The molecule has 0 aliphatic carbocycles. The summed E-state index contributed by atoms with van der Waals surface area (Å²) in [6, 6.07) is 5.44. The second-order valence-corrected chi connectivity index (χ2v) is 6.05. The number of esters is 1. The average molecular weight is 370 g/mol. The molecule has 21 heavy (non-hydrogen) atoms. The lowest BCUT2D eigenvalue weighted by molar-refractivity contribution is 0.0519. The van der Waals surface area contributed by atoms with Gasteiger partial charge in [-0.15, -0.1) is 11.8 Å². The van der Waals surface area contributed by atoms with Crippen molar-refractivity contribution in [3.8, 4) is 0 Å². The Balaban J connectivity index is 2.92. The van der Waals surface area contributed by atoms with E-state index in [0.29, 0.717) is 17.0 Å². The number of thioether (sulfide) groups is 1. The maximum absolute atomic E-state index is 12.7. The molecular weight excluding hydrogens is 354 g/mol. The zero-order chi connectivity index (χ0) is 15.6. The van der Waals surface area contributed by atoms with Gasteiger partial charge in [0.25, 0.3) is 0 Å². The summed E-state index contributed by atoms with van der Waals surface area (Å²) >= 11 is 4.81. The fourth-order valence-corrected chi connectivity index (χ4v) is 3.48. The van der Waals surface area contributed by atoms with E-state index in [2.05, 4.69) is 15.9 Å². The quantitative estimate of drug-likeness (QED) is 0.609. The van der Waals surface area contributed by atoms with Gasteiger partial charge >= 0.3 is 5.97 Å². The first-order valence-electron chi connectivity index (χ1n) is 6.62. The number of benzene rings is 1. The second-order valence-electron chi connectivity index (χ2n) is 4.34. The predicted octanol–water partition coefficient (Wildman–Crippen LogP) is 3.68. The second kappa shape index (κ2) is 6.66. The maximum Gasteiger partial charge on any atom is 0.344 e. The molecule has 0 saturated carbocycles. The largest absolute Gasteiger partial charge is 0.462 e. The van der Waals surface area contributed by atoms with E-state index in [0.717, 1.165) is 9.99 Å². The molecule has 112 valence electrons. The molecule has 2 aromatic rings. The number of halogens is 1. The molecule has 0 bridgehead atoms. The van der Waals surface area contributed by atoms with Crippen molar-refractivity contribution >= 4 is 44.6 Å². The van der Waals surface area contributed by atoms with Crippen LogP contribution in [0.5, 0.6) is 0 Å². The van der Waals surface area contributed by atoms with E-state index in [9.17, 15) is 9.59 Å². The van der Waals surface area contributed by atoms with E-state index >= 15 is 0 Å². The van der Waals surface area contributed by atoms with E-state index < -0.39 is 5.97 Å². The van der Waals surface area contributed by atoms with Gasteiger partial charge in [0.2, 0.25) is 5.43 Å². The van der Waals surface area contributed by atoms with Gasteiger partial charge in [0.15, 0.2) is 0 Å². The first-order chi connectivity index (χ1) is 10.0. The number of fused-ring (bicyclic) bond motifs is 1. The van der Waals surface area contributed by atoms with Gasteiger partial charge in [-0.05, 0) is 38.3 Å². The van der Waals surface area contributed by atoms with Crippen molar-refractivity contribution in [3.05, 3.63) is 38.5 Å². The molecule has 1 aromatic heterocycles. The molecule has 0 unspecified atom stereocenters. The topological polar surface area (TPSA) is 48.3 Å². The average Bonchev–Trinajstić information content (AvgIpc) is 2.46. The van der Waals surface area contributed by atoms with E-state index in [-0.39, 0.29) is 17.6 Å². The Bertz CT molecular complexity index is 755. The van der Waals surface area contributed by atoms with Crippen molar-refractivity contribution in [2.45, 2.75) is 25.4 Å². The highest BCUT2D eigenvalue weighted by atomic mass is 79.9. The van der Waals surface area contributed by atoms with E-state index in [1.165, 1.54) is 11.8 Å². The fourth-order valence-electron chi connectivity index (χ4n) is 2.31. The van der Waals surface area contributed by atoms with Crippen LogP contribution in [0.25, 0.3) is 10.9 Å². The third-order valence-electron chi connectivity index (χ3n) is 3.17. The molecule has 0 atom stereocenters. The van der Waals surface area contributed by atoms with Gasteiger partial charge in [-0.3, -0.25) is 4.79 Å². The van der Waals surface area contributed by atoms with Crippen LogP contribution in [0.15, 0.2) is 32.5 Å². The molecule has 4 nitrogen and oxygen atoms in total. The molecule has 0 aliphatic rings. The molecule has 1 aromatic carbocycles. The molecule has 0 amide bonds. The van der Waals surface area contributed by atoms with Crippen molar-refractivity contribution < 1.29 is 9.53 Å². The molecule has 0 N–H and O–H groups in total.